The van der Waals surface area contributed by atoms with E-state index in [1.54, 1.807) is 7.05 Å². The van der Waals surface area contributed by atoms with Crippen molar-refractivity contribution in [2.24, 2.45) is 4.99 Å². The molecule has 1 heterocycles. The van der Waals surface area contributed by atoms with Crippen LogP contribution in [0.1, 0.15) is 39.2 Å². The van der Waals surface area contributed by atoms with Gasteiger partial charge in [0.05, 0.1) is 6.10 Å². The highest BCUT2D eigenvalue weighted by Gasteiger charge is 2.25. The van der Waals surface area contributed by atoms with E-state index in [9.17, 15) is 4.79 Å². The van der Waals surface area contributed by atoms with Crippen LogP contribution in [-0.4, -0.2) is 49.0 Å². The standard InChI is InChI=1S/C19H30N4O2/c1-5-18(24)23-11-10-16(13-23)22-19(20-4)21-12-15-6-8-17(9-7-15)25-14(2)3/h6-9,14,16H,5,10-13H2,1-4H3,(H2,20,21,22). The molecular formula is C19H30N4O2. The number of hydrogen-bond donors (Lipinski definition) is 2. The molecule has 1 aromatic rings. The van der Waals surface area contributed by atoms with Gasteiger partial charge >= 0.3 is 0 Å². The van der Waals surface area contributed by atoms with Gasteiger partial charge in [-0.2, -0.15) is 0 Å². The molecule has 0 aliphatic carbocycles. The van der Waals surface area contributed by atoms with Crippen LogP contribution in [0.25, 0.3) is 0 Å². The van der Waals surface area contributed by atoms with Gasteiger partial charge in [0.15, 0.2) is 5.96 Å². The van der Waals surface area contributed by atoms with Crippen molar-refractivity contribution >= 4 is 11.9 Å². The van der Waals surface area contributed by atoms with Crippen molar-refractivity contribution in [2.75, 3.05) is 20.1 Å². The summed E-state index contributed by atoms with van der Waals surface area (Å²) >= 11 is 0. The molecule has 2 N–H and O–H groups in total. The maximum atomic E-state index is 11.8. The number of amides is 1. The normalized spacial score (nSPS) is 17.7. The van der Waals surface area contributed by atoms with Crippen LogP contribution in [0.15, 0.2) is 29.3 Å². The number of benzene rings is 1. The quantitative estimate of drug-likeness (QED) is 0.612. The lowest BCUT2D eigenvalue weighted by molar-refractivity contribution is -0.129. The highest BCUT2D eigenvalue weighted by molar-refractivity contribution is 5.80. The van der Waals surface area contributed by atoms with Gasteiger partial charge in [-0.15, -0.1) is 0 Å². The third-order valence-electron chi connectivity index (χ3n) is 4.16. The lowest BCUT2D eigenvalue weighted by Gasteiger charge is -2.19. The fraction of sp³-hybridized carbons (Fsp3) is 0.579. The smallest absolute Gasteiger partial charge is 0.222 e. The molecule has 1 unspecified atom stereocenters. The molecule has 0 bridgehead atoms. The maximum absolute atomic E-state index is 11.8. The molecule has 25 heavy (non-hydrogen) atoms. The highest BCUT2D eigenvalue weighted by Crippen LogP contribution is 2.14. The number of carbonyl (C=O) groups excluding carboxylic acids is 1. The van der Waals surface area contributed by atoms with Crippen LogP contribution in [0.2, 0.25) is 0 Å². The zero-order valence-corrected chi connectivity index (χ0v) is 15.7. The first-order chi connectivity index (χ1) is 12.0. The molecular weight excluding hydrogens is 316 g/mol. The van der Waals surface area contributed by atoms with E-state index in [1.165, 1.54) is 0 Å². The summed E-state index contributed by atoms with van der Waals surface area (Å²) in [6.45, 7) is 8.19. The Morgan fingerprint density at radius 1 is 1.36 bits per heavy atom. The number of ether oxygens (including phenoxy) is 1. The van der Waals surface area contributed by atoms with E-state index in [2.05, 4.69) is 27.8 Å². The van der Waals surface area contributed by atoms with Crippen molar-refractivity contribution in [2.45, 2.75) is 52.3 Å². The van der Waals surface area contributed by atoms with Crippen molar-refractivity contribution < 1.29 is 9.53 Å². The minimum Gasteiger partial charge on any atom is -0.491 e. The van der Waals surface area contributed by atoms with Gasteiger partial charge in [0.2, 0.25) is 5.91 Å². The number of aliphatic imine (C=N–C) groups is 1. The van der Waals surface area contributed by atoms with E-state index in [1.807, 2.05) is 37.8 Å². The van der Waals surface area contributed by atoms with Gasteiger partial charge in [0.25, 0.3) is 0 Å². The number of rotatable bonds is 6. The van der Waals surface area contributed by atoms with Gasteiger partial charge in [0, 0.05) is 39.1 Å². The summed E-state index contributed by atoms with van der Waals surface area (Å²) in [4.78, 5) is 18.0. The van der Waals surface area contributed by atoms with Crippen LogP contribution in [0.4, 0.5) is 0 Å². The molecule has 0 aromatic heterocycles. The molecule has 1 aliphatic rings. The molecule has 1 amide bonds. The highest BCUT2D eigenvalue weighted by atomic mass is 16.5. The summed E-state index contributed by atoms with van der Waals surface area (Å²) in [7, 11) is 1.76. The van der Waals surface area contributed by atoms with Gasteiger partial charge in [-0.3, -0.25) is 9.79 Å². The number of likely N-dealkylation sites (tertiary alicyclic amines) is 1. The first-order valence-electron chi connectivity index (χ1n) is 9.02. The predicted molar refractivity (Wildman–Crippen MR) is 101 cm³/mol. The molecule has 1 aliphatic heterocycles. The van der Waals surface area contributed by atoms with Crippen LogP contribution in [0, 0.1) is 0 Å². The molecule has 6 nitrogen and oxygen atoms in total. The first-order valence-corrected chi connectivity index (χ1v) is 9.02. The molecule has 2 rings (SSSR count). The number of nitrogens with one attached hydrogen (secondary N) is 2. The fourth-order valence-corrected chi connectivity index (χ4v) is 2.86. The van der Waals surface area contributed by atoms with Crippen LogP contribution in [0.5, 0.6) is 5.75 Å². The summed E-state index contributed by atoms with van der Waals surface area (Å²) in [5, 5.41) is 6.73. The lowest BCUT2D eigenvalue weighted by atomic mass is 10.2. The molecule has 0 spiro atoms. The number of guanidine groups is 1. The topological polar surface area (TPSA) is 66.0 Å². The summed E-state index contributed by atoms with van der Waals surface area (Å²) < 4.78 is 5.65. The van der Waals surface area contributed by atoms with Crippen LogP contribution < -0.4 is 15.4 Å². The van der Waals surface area contributed by atoms with Gasteiger partial charge in [-0.05, 0) is 38.0 Å². The predicted octanol–water partition coefficient (Wildman–Crippen LogP) is 2.15. The fourth-order valence-electron chi connectivity index (χ4n) is 2.86. The second kappa shape index (κ2) is 9.30. The van der Waals surface area contributed by atoms with Crippen molar-refractivity contribution in [3.05, 3.63) is 29.8 Å². The monoisotopic (exact) mass is 346 g/mol. The first kappa shape index (κ1) is 19.1. The Morgan fingerprint density at radius 2 is 2.08 bits per heavy atom. The molecule has 1 aromatic carbocycles. The number of carbonyl (C=O) groups is 1. The van der Waals surface area contributed by atoms with Gasteiger partial charge < -0.3 is 20.3 Å². The van der Waals surface area contributed by atoms with E-state index in [-0.39, 0.29) is 18.1 Å². The summed E-state index contributed by atoms with van der Waals surface area (Å²) in [5.74, 6) is 1.86. The third-order valence-corrected chi connectivity index (χ3v) is 4.16. The second-order valence-corrected chi connectivity index (χ2v) is 6.56. The van der Waals surface area contributed by atoms with Crippen LogP contribution in [0.3, 0.4) is 0 Å². The lowest BCUT2D eigenvalue weighted by Crippen LogP contribution is -2.44. The van der Waals surface area contributed by atoms with E-state index in [4.69, 9.17) is 4.74 Å². The van der Waals surface area contributed by atoms with E-state index in [0.29, 0.717) is 13.0 Å². The minimum atomic E-state index is 0.178. The van der Waals surface area contributed by atoms with E-state index in [0.717, 1.165) is 36.8 Å². The Bertz CT molecular complexity index is 584. The van der Waals surface area contributed by atoms with E-state index < -0.39 is 0 Å². The molecule has 0 saturated carbocycles. The number of hydrogen-bond acceptors (Lipinski definition) is 3. The molecule has 1 fully saturated rings. The molecule has 0 radical (unpaired) electrons. The maximum Gasteiger partial charge on any atom is 0.222 e. The van der Waals surface area contributed by atoms with Crippen molar-refractivity contribution in [3.63, 3.8) is 0 Å². The van der Waals surface area contributed by atoms with E-state index >= 15 is 0 Å². The molecule has 1 atom stereocenters. The molecule has 138 valence electrons. The average Bonchev–Trinajstić information content (AvgIpc) is 3.07. The van der Waals surface area contributed by atoms with Crippen LogP contribution in [-0.2, 0) is 11.3 Å². The third kappa shape index (κ3) is 5.96. The largest absolute Gasteiger partial charge is 0.491 e. The van der Waals surface area contributed by atoms with Crippen molar-refractivity contribution in [1.29, 1.82) is 0 Å². The van der Waals surface area contributed by atoms with Crippen LogP contribution >= 0.6 is 0 Å². The summed E-state index contributed by atoms with van der Waals surface area (Å²) in [6.07, 6.45) is 1.70. The Hall–Kier alpha value is -2.24. The van der Waals surface area contributed by atoms with Crippen molar-refractivity contribution in [1.82, 2.24) is 15.5 Å². The zero-order valence-electron chi connectivity index (χ0n) is 15.7. The Balaban J connectivity index is 1.80. The SMILES string of the molecule is CCC(=O)N1CCC(NC(=NC)NCc2ccc(OC(C)C)cc2)C1. The minimum absolute atomic E-state index is 0.178. The van der Waals surface area contributed by atoms with Gasteiger partial charge in [0.1, 0.15) is 5.75 Å². The zero-order chi connectivity index (χ0) is 18.2. The Kier molecular flexibility index (Phi) is 7.10. The summed E-state index contributed by atoms with van der Waals surface area (Å²) in [6, 6.07) is 8.32. The molecule has 6 heteroatoms. The second-order valence-electron chi connectivity index (χ2n) is 6.56. The average molecular weight is 346 g/mol. The molecule has 1 saturated heterocycles. The van der Waals surface area contributed by atoms with Crippen molar-refractivity contribution in [3.8, 4) is 5.75 Å². The Labute approximate surface area is 150 Å². The Morgan fingerprint density at radius 3 is 2.68 bits per heavy atom. The van der Waals surface area contributed by atoms with Gasteiger partial charge in [-0.25, -0.2) is 0 Å². The number of nitrogens with zero attached hydrogens (tertiary/aromatic N) is 2. The van der Waals surface area contributed by atoms with Gasteiger partial charge in [-0.1, -0.05) is 19.1 Å². The summed E-state index contributed by atoms with van der Waals surface area (Å²) in [5.41, 5.74) is 1.16.